The van der Waals surface area contributed by atoms with Gasteiger partial charge in [0.2, 0.25) is 0 Å². The Balaban J connectivity index is 1.55. The molecule has 0 aliphatic carbocycles. The number of para-hydroxylation sites is 1. The molecule has 34 heavy (non-hydrogen) atoms. The van der Waals surface area contributed by atoms with E-state index in [0.29, 0.717) is 5.56 Å². The molecule has 0 amide bonds. The molecule has 2 aromatic heterocycles. The fraction of sp³-hybridized carbons (Fsp3) is 0.0357. The topological polar surface area (TPSA) is 61.0 Å². The molecule has 0 spiro atoms. The summed E-state index contributed by atoms with van der Waals surface area (Å²) in [6.45, 7) is 0. The lowest BCUT2D eigenvalue weighted by atomic mass is 10.1. The van der Waals surface area contributed by atoms with Gasteiger partial charge in [-0.3, -0.25) is 10.1 Å². The lowest BCUT2D eigenvalue weighted by Crippen LogP contribution is -1.94. The summed E-state index contributed by atoms with van der Waals surface area (Å²) in [4.78, 5) is 18.0. The minimum Gasteiger partial charge on any atom is -0.326 e. The molecule has 0 N–H and O–H groups in total. The largest absolute Gasteiger partial charge is 0.326 e. The van der Waals surface area contributed by atoms with Crippen LogP contribution in [0.15, 0.2) is 97.1 Å². The molecule has 2 heterocycles. The van der Waals surface area contributed by atoms with Crippen molar-refractivity contribution >= 4 is 29.2 Å². The van der Waals surface area contributed by atoms with Gasteiger partial charge in [0, 0.05) is 29.1 Å². The molecule has 0 saturated heterocycles. The fourth-order valence-electron chi connectivity index (χ4n) is 3.97. The lowest BCUT2D eigenvalue weighted by molar-refractivity contribution is -0.385. The van der Waals surface area contributed by atoms with E-state index in [1.807, 2.05) is 55.6 Å². The standard InChI is InChI=1S/C28H21N3O2S/c1-30-27(22-13-6-3-7-14-22)26(21-11-4-2-5-12-21)29-28(30)25-19-18-23(34-25)17-16-20-10-8-9-15-24(20)31(32)33/h2-19H,1H3/b17-16+. The van der Waals surface area contributed by atoms with Crippen LogP contribution in [0.1, 0.15) is 10.4 Å². The second kappa shape index (κ2) is 9.29. The minimum absolute atomic E-state index is 0.0969. The SMILES string of the molecule is Cn1c(-c2ccc(/C=C/c3ccccc3[N+](=O)[O-])s2)nc(-c2ccccc2)c1-c1ccccc1. The van der Waals surface area contributed by atoms with Gasteiger partial charge in [0.1, 0.15) is 0 Å². The first-order valence-corrected chi connectivity index (χ1v) is 11.6. The number of thiophene rings is 1. The highest BCUT2D eigenvalue weighted by Crippen LogP contribution is 2.37. The van der Waals surface area contributed by atoms with Crippen molar-refractivity contribution in [3.63, 3.8) is 0 Å². The third-order valence-electron chi connectivity index (χ3n) is 5.60. The van der Waals surface area contributed by atoms with Crippen LogP contribution in [0.4, 0.5) is 5.69 Å². The zero-order valence-corrected chi connectivity index (χ0v) is 19.3. The maximum Gasteiger partial charge on any atom is 0.276 e. The number of nitro benzene ring substituents is 1. The lowest BCUT2D eigenvalue weighted by Gasteiger charge is -2.07. The van der Waals surface area contributed by atoms with E-state index in [9.17, 15) is 10.1 Å². The third kappa shape index (κ3) is 4.19. The maximum absolute atomic E-state index is 11.3. The zero-order chi connectivity index (χ0) is 23.5. The van der Waals surface area contributed by atoms with Gasteiger partial charge >= 0.3 is 0 Å². The molecule has 0 aliphatic heterocycles. The number of aromatic nitrogens is 2. The molecule has 0 atom stereocenters. The van der Waals surface area contributed by atoms with Crippen LogP contribution in [0, 0.1) is 10.1 Å². The van der Waals surface area contributed by atoms with Crippen LogP contribution in [-0.4, -0.2) is 14.5 Å². The molecular formula is C28H21N3O2S. The highest BCUT2D eigenvalue weighted by molar-refractivity contribution is 7.16. The van der Waals surface area contributed by atoms with Crippen LogP contribution in [0.2, 0.25) is 0 Å². The molecule has 5 rings (SSSR count). The van der Waals surface area contributed by atoms with E-state index >= 15 is 0 Å². The van der Waals surface area contributed by atoms with Crippen molar-refractivity contribution in [1.29, 1.82) is 0 Å². The van der Waals surface area contributed by atoms with E-state index in [-0.39, 0.29) is 10.6 Å². The van der Waals surface area contributed by atoms with Gasteiger partial charge < -0.3 is 4.57 Å². The molecule has 5 nitrogen and oxygen atoms in total. The molecular weight excluding hydrogens is 442 g/mol. The predicted octanol–water partition coefficient (Wildman–Crippen LogP) is 7.56. The van der Waals surface area contributed by atoms with E-state index < -0.39 is 0 Å². The van der Waals surface area contributed by atoms with E-state index in [4.69, 9.17) is 4.98 Å². The molecule has 0 unspecified atom stereocenters. The third-order valence-corrected chi connectivity index (χ3v) is 6.64. The molecule has 0 saturated carbocycles. The summed E-state index contributed by atoms with van der Waals surface area (Å²) in [5.74, 6) is 0.882. The Labute approximate surface area is 201 Å². The van der Waals surface area contributed by atoms with E-state index in [2.05, 4.69) is 34.9 Å². The Morgan fingerprint density at radius 2 is 1.47 bits per heavy atom. The van der Waals surface area contributed by atoms with Crippen LogP contribution in [0.3, 0.4) is 0 Å². The molecule has 0 radical (unpaired) electrons. The van der Waals surface area contributed by atoms with E-state index in [1.165, 1.54) is 6.07 Å². The fourth-order valence-corrected chi connectivity index (χ4v) is 4.91. The van der Waals surface area contributed by atoms with Gasteiger partial charge in [-0.25, -0.2) is 4.98 Å². The predicted molar refractivity (Wildman–Crippen MR) is 139 cm³/mol. The van der Waals surface area contributed by atoms with Crippen molar-refractivity contribution in [3.8, 4) is 33.2 Å². The smallest absolute Gasteiger partial charge is 0.276 e. The van der Waals surface area contributed by atoms with Crippen molar-refractivity contribution < 1.29 is 4.92 Å². The van der Waals surface area contributed by atoms with Gasteiger partial charge in [0.25, 0.3) is 5.69 Å². The van der Waals surface area contributed by atoms with Crippen LogP contribution in [0.25, 0.3) is 45.4 Å². The van der Waals surface area contributed by atoms with Crippen LogP contribution in [-0.2, 0) is 7.05 Å². The Bertz CT molecular complexity index is 1480. The van der Waals surface area contributed by atoms with Crippen LogP contribution < -0.4 is 0 Å². The first-order valence-electron chi connectivity index (χ1n) is 10.8. The summed E-state index contributed by atoms with van der Waals surface area (Å²) in [5, 5.41) is 11.3. The summed E-state index contributed by atoms with van der Waals surface area (Å²) in [7, 11) is 2.04. The van der Waals surface area contributed by atoms with Crippen LogP contribution >= 0.6 is 11.3 Å². The first kappa shape index (κ1) is 21.6. The number of nitro groups is 1. The molecule has 0 fully saturated rings. The van der Waals surface area contributed by atoms with E-state index in [0.717, 1.165) is 38.1 Å². The highest BCUT2D eigenvalue weighted by Gasteiger charge is 2.19. The Morgan fingerprint density at radius 3 is 2.18 bits per heavy atom. The van der Waals surface area contributed by atoms with Gasteiger partial charge in [-0.15, -0.1) is 11.3 Å². The molecule has 0 bridgehead atoms. The number of hydrogen-bond acceptors (Lipinski definition) is 4. The molecule has 5 aromatic rings. The van der Waals surface area contributed by atoms with Crippen molar-refractivity contribution in [2.24, 2.45) is 7.05 Å². The second-order valence-corrected chi connectivity index (χ2v) is 8.89. The molecule has 0 aliphatic rings. The minimum atomic E-state index is -0.358. The van der Waals surface area contributed by atoms with Gasteiger partial charge in [0.15, 0.2) is 5.82 Å². The Hall–Kier alpha value is -4.29. The summed E-state index contributed by atoms with van der Waals surface area (Å²) < 4.78 is 2.14. The van der Waals surface area contributed by atoms with Gasteiger partial charge in [0.05, 0.1) is 26.8 Å². The van der Waals surface area contributed by atoms with Gasteiger partial charge in [-0.1, -0.05) is 72.8 Å². The maximum atomic E-state index is 11.3. The number of hydrogen-bond donors (Lipinski definition) is 0. The highest BCUT2D eigenvalue weighted by atomic mass is 32.1. The van der Waals surface area contributed by atoms with Gasteiger partial charge in [-0.05, 0) is 30.4 Å². The quantitative estimate of drug-likeness (QED) is 0.193. The number of benzene rings is 3. The van der Waals surface area contributed by atoms with Crippen molar-refractivity contribution in [2.75, 3.05) is 0 Å². The summed E-state index contributed by atoms with van der Waals surface area (Å²) in [6.07, 6.45) is 3.70. The van der Waals surface area contributed by atoms with Gasteiger partial charge in [-0.2, -0.15) is 0 Å². The van der Waals surface area contributed by atoms with Crippen LogP contribution in [0.5, 0.6) is 0 Å². The van der Waals surface area contributed by atoms with Crippen molar-refractivity contribution in [2.45, 2.75) is 0 Å². The molecule has 166 valence electrons. The normalized spacial score (nSPS) is 11.2. The first-order chi connectivity index (χ1) is 16.6. The second-order valence-electron chi connectivity index (χ2n) is 7.77. The zero-order valence-electron chi connectivity index (χ0n) is 18.5. The summed E-state index contributed by atoms with van der Waals surface area (Å²) in [6, 6.07) is 31.3. The average Bonchev–Trinajstić information content (AvgIpc) is 3.48. The average molecular weight is 464 g/mol. The number of rotatable bonds is 6. The number of nitrogens with zero attached hydrogens (tertiary/aromatic N) is 3. The number of imidazole rings is 1. The monoisotopic (exact) mass is 463 g/mol. The van der Waals surface area contributed by atoms with Crippen molar-refractivity contribution in [3.05, 3.63) is 118 Å². The van der Waals surface area contributed by atoms with E-state index in [1.54, 1.807) is 35.6 Å². The molecule has 6 heteroatoms. The Morgan fingerprint density at radius 1 is 0.824 bits per heavy atom. The van der Waals surface area contributed by atoms with Crippen molar-refractivity contribution in [1.82, 2.24) is 9.55 Å². The summed E-state index contributed by atoms with van der Waals surface area (Å²) in [5.41, 5.74) is 4.85. The Kier molecular flexibility index (Phi) is 5.89. The molecule has 3 aromatic carbocycles. The summed E-state index contributed by atoms with van der Waals surface area (Å²) >= 11 is 1.61.